The standard InChI is InChI=1S/C20H28N4OS/c1-23(2)19(25)17-4-3-16(22-17)13-24(12-15-5-10-26-14-15)18-11-20(18)6-8-21-9-7-20/h3-5,10,14,18,21-22H,6-9,11-13H2,1-2H3/t18-/m0/s1. The molecule has 2 aromatic rings. The van der Waals surface area contributed by atoms with Gasteiger partial charge in [-0.25, -0.2) is 0 Å². The third kappa shape index (κ3) is 3.59. The molecule has 2 N–H and O–H groups in total. The Kier molecular flexibility index (Phi) is 4.90. The van der Waals surface area contributed by atoms with E-state index in [1.807, 2.05) is 6.07 Å². The number of nitrogens with one attached hydrogen (secondary N) is 2. The van der Waals surface area contributed by atoms with Crippen molar-refractivity contribution in [1.82, 2.24) is 20.1 Å². The van der Waals surface area contributed by atoms with Crippen LogP contribution in [0.4, 0.5) is 0 Å². The molecule has 2 fully saturated rings. The number of carbonyl (C=O) groups excluding carboxylic acids is 1. The summed E-state index contributed by atoms with van der Waals surface area (Å²) in [6.07, 6.45) is 3.88. The van der Waals surface area contributed by atoms with E-state index in [0.29, 0.717) is 17.2 Å². The van der Waals surface area contributed by atoms with Crippen LogP contribution in [0.1, 0.15) is 41.0 Å². The average Bonchev–Trinajstić information content (AvgIpc) is 3.01. The van der Waals surface area contributed by atoms with Crippen molar-refractivity contribution in [2.75, 3.05) is 27.2 Å². The van der Waals surface area contributed by atoms with Crippen LogP contribution in [0.15, 0.2) is 29.0 Å². The van der Waals surface area contributed by atoms with Gasteiger partial charge in [0.2, 0.25) is 0 Å². The minimum atomic E-state index is 0.0295. The Labute approximate surface area is 159 Å². The largest absolute Gasteiger partial charge is 0.353 e. The van der Waals surface area contributed by atoms with Crippen molar-refractivity contribution in [2.24, 2.45) is 5.41 Å². The van der Waals surface area contributed by atoms with Crippen LogP contribution < -0.4 is 5.32 Å². The van der Waals surface area contributed by atoms with E-state index in [0.717, 1.165) is 31.9 Å². The molecule has 1 saturated heterocycles. The lowest BCUT2D eigenvalue weighted by atomic mass is 9.93. The van der Waals surface area contributed by atoms with E-state index in [1.165, 1.54) is 24.8 Å². The molecule has 2 aromatic heterocycles. The Morgan fingerprint density at radius 3 is 2.73 bits per heavy atom. The molecule has 0 unspecified atom stereocenters. The monoisotopic (exact) mass is 372 g/mol. The van der Waals surface area contributed by atoms with E-state index in [-0.39, 0.29) is 5.91 Å². The number of amides is 1. The summed E-state index contributed by atoms with van der Waals surface area (Å²) < 4.78 is 0. The van der Waals surface area contributed by atoms with Gasteiger partial charge in [0.05, 0.1) is 0 Å². The molecule has 5 nitrogen and oxygen atoms in total. The Bertz CT molecular complexity index is 746. The molecule has 1 aliphatic carbocycles. The zero-order valence-electron chi connectivity index (χ0n) is 15.6. The number of rotatable bonds is 6. The lowest BCUT2D eigenvalue weighted by molar-refractivity contribution is 0.0822. The van der Waals surface area contributed by atoms with Crippen LogP contribution in [0.5, 0.6) is 0 Å². The zero-order chi connectivity index (χ0) is 18.1. The van der Waals surface area contributed by atoms with E-state index in [4.69, 9.17) is 0 Å². The Morgan fingerprint density at radius 1 is 1.23 bits per heavy atom. The van der Waals surface area contributed by atoms with E-state index >= 15 is 0 Å². The molecule has 0 bridgehead atoms. The molecule has 140 valence electrons. The van der Waals surface area contributed by atoms with Gasteiger partial charge in [-0.15, -0.1) is 0 Å². The van der Waals surface area contributed by atoms with Crippen molar-refractivity contribution in [3.05, 3.63) is 45.9 Å². The maximum atomic E-state index is 12.2. The molecule has 6 heteroatoms. The molecular weight excluding hydrogens is 344 g/mol. The molecule has 1 atom stereocenters. The fourth-order valence-electron chi connectivity index (χ4n) is 4.31. The van der Waals surface area contributed by atoms with Crippen LogP contribution in [-0.4, -0.2) is 53.9 Å². The topological polar surface area (TPSA) is 51.4 Å². The number of aromatic nitrogens is 1. The SMILES string of the molecule is CN(C)C(=O)c1ccc(CN(Cc2ccsc2)[C@H]2CC23CCNCC3)[nH]1. The van der Waals surface area contributed by atoms with Gasteiger partial charge < -0.3 is 15.2 Å². The molecule has 26 heavy (non-hydrogen) atoms. The third-order valence-electron chi connectivity index (χ3n) is 5.91. The number of aromatic amines is 1. The van der Waals surface area contributed by atoms with Gasteiger partial charge in [-0.3, -0.25) is 9.69 Å². The van der Waals surface area contributed by atoms with E-state index < -0.39 is 0 Å². The smallest absolute Gasteiger partial charge is 0.269 e. The van der Waals surface area contributed by atoms with Crippen molar-refractivity contribution in [2.45, 2.75) is 38.4 Å². The van der Waals surface area contributed by atoms with Crippen molar-refractivity contribution in [3.8, 4) is 0 Å². The predicted molar refractivity (Wildman–Crippen MR) is 105 cm³/mol. The van der Waals surface area contributed by atoms with Crippen molar-refractivity contribution in [3.63, 3.8) is 0 Å². The summed E-state index contributed by atoms with van der Waals surface area (Å²) >= 11 is 1.76. The summed E-state index contributed by atoms with van der Waals surface area (Å²) in [5.74, 6) is 0.0295. The molecule has 1 spiro atoms. The van der Waals surface area contributed by atoms with Gasteiger partial charge in [0.25, 0.3) is 5.91 Å². The normalized spacial score (nSPS) is 21.3. The van der Waals surface area contributed by atoms with Crippen molar-refractivity contribution < 1.29 is 4.79 Å². The highest BCUT2D eigenvalue weighted by atomic mass is 32.1. The minimum absolute atomic E-state index is 0.0295. The zero-order valence-corrected chi connectivity index (χ0v) is 16.4. The summed E-state index contributed by atoms with van der Waals surface area (Å²) in [7, 11) is 3.58. The fourth-order valence-corrected chi connectivity index (χ4v) is 4.97. The number of thiophene rings is 1. The number of H-pyrrole nitrogens is 1. The van der Waals surface area contributed by atoms with Gasteiger partial charge in [-0.1, -0.05) is 0 Å². The van der Waals surface area contributed by atoms with Crippen LogP contribution in [0, 0.1) is 5.41 Å². The second-order valence-corrected chi connectivity index (χ2v) is 8.75. The summed E-state index contributed by atoms with van der Waals surface area (Å²) in [6.45, 7) is 4.15. The lowest BCUT2D eigenvalue weighted by Gasteiger charge is -2.29. The highest BCUT2D eigenvalue weighted by Gasteiger charge is 2.56. The van der Waals surface area contributed by atoms with Crippen LogP contribution in [0.2, 0.25) is 0 Å². The van der Waals surface area contributed by atoms with E-state index in [1.54, 1.807) is 30.3 Å². The maximum Gasteiger partial charge on any atom is 0.269 e. The second-order valence-electron chi connectivity index (χ2n) is 7.97. The predicted octanol–water partition coefficient (Wildman–Crippen LogP) is 2.92. The molecule has 1 aliphatic heterocycles. The Balaban J connectivity index is 1.49. The first kappa shape index (κ1) is 17.8. The van der Waals surface area contributed by atoms with Crippen LogP contribution in [0.25, 0.3) is 0 Å². The van der Waals surface area contributed by atoms with Crippen molar-refractivity contribution in [1.29, 1.82) is 0 Å². The minimum Gasteiger partial charge on any atom is -0.353 e. The van der Waals surface area contributed by atoms with Crippen LogP contribution in [-0.2, 0) is 13.1 Å². The second kappa shape index (κ2) is 7.18. The lowest BCUT2D eigenvalue weighted by Crippen LogP contribution is -2.35. The first-order valence-electron chi connectivity index (χ1n) is 9.43. The summed E-state index contributed by atoms with van der Waals surface area (Å²) in [4.78, 5) is 19.7. The molecule has 1 amide bonds. The number of carbonyl (C=O) groups is 1. The van der Waals surface area contributed by atoms with Gasteiger partial charge in [0, 0.05) is 38.9 Å². The van der Waals surface area contributed by atoms with Gasteiger partial charge in [-0.05, 0) is 72.3 Å². The highest BCUT2D eigenvalue weighted by molar-refractivity contribution is 7.07. The van der Waals surface area contributed by atoms with Gasteiger partial charge in [-0.2, -0.15) is 11.3 Å². The quantitative estimate of drug-likeness (QED) is 0.820. The van der Waals surface area contributed by atoms with E-state index in [2.05, 4.69) is 38.1 Å². The first-order chi connectivity index (χ1) is 12.6. The van der Waals surface area contributed by atoms with Gasteiger partial charge in [0.15, 0.2) is 0 Å². The van der Waals surface area contributed by atoms with Crippen LogP contribution in [0.3, 0.4) is 0 Å². The molecule has 0 aromatic carbocycles. The fraction of sp³-hybridized carbons (Fsp3) is 0.550. The number of hydrogen-bond donors (Lipinski definition) is 2. The highest BCUT2D eigenvalue weighted by Crippen LogP contribution is 2.56. The molecule has 4 rings (SSSR count). The molecular formula is C20H28N4OS. The maximum absolute atomic E-state index is 12.2. The Hall–Kier alpha value is -1.63. The third-order valence-corrected chi connectivity index (χ3v) is 6.64. The molecule has 2 aliphatic rings. The summed E-state index contributed by atoms with van der Waals surface area (Å²) in [5.41, 5.74) is 3.70. The molecule has 0 radical (unpaired) electrons. The van der Waals surface area contributed by atoms with Crippen molar-refractivity contribution >= 4 is 17.2 Å². The molecule has 1 saturated carbocycles. The van der Waals surface area contributed by atoms with Crippen LogP contribution >= 0.6 is 11.3 Å². The van der Waals surface area contributed by atoms with E-state index in [9.17, 15) is 4.79 Å². The number of piperidine rings is 1. The average molecular weight is 373 g/mol. The first-order valence-corrected chi connectivity index (χ1v) is 10.4. The van der Waals surface area contributed by atoms with Gasteiger partial charge >= 0.3 is 0 Å². The summed E-state index contributed by atoms with van der Waals surface area (Å²) in [6, 6.07) is 6.86. The summed E-state index contributed by atoms with van der Waals surface area (Å²) in [5, 5.41) is 7.90. The Morgan fingerprint density at radius 2 is 2.04 bits per heavy atom. The number of nitrogens with zero attached hydrogens (tertiary/aromatic N) is 2. The van der Waals surface area contributed by atoms with Gasteiger partial charge in [0.1, 0.15) is 5.69 Å². The molecule has 3 heterocycles. The number of hydrogen-bond acceptors (Lipinski definition) is 4.